The van der Waals surface area contributed by atoms with Gasteiger partial charge in [-0.25, -0.2) is 4.79 Å². The molecule has 0 aliphatic heterocycles. The van der Waals surface area contributed by atoms with Crippen LogP contribution in [-0.2, 0) is 6.18 Å². The van der Waals surface area contributed by atoms with Crippen LogP contribution in [0.1, 0.15) is 19.4 Å². The molecule has 2 amide bonds. The van der Waals surface area contributed by atoms with Gasteiger partial charge in [-0.1, -0.05) is 0 Å². The predicted octanol–water partition coefficient (Wildman–Crippen LogP) is 2.94. The molecule has 20 heavy (non-hydrogen) atoms. The Bertz CT molecular complexity index is 469. The Morgan fingerprint density at radius 2 is 1.75 bits per heavy atom. The molecule has 0 unspecified atom stereocenters. The first-order valence-corrected chi connectivity index (χ1v) is 5.91. The number of aliphatic hydroxyl groups excluding tert-OH is 1. The molecule has 0 aliphatic rings. The van der Waals surface area contributed by atoms with E-state index >= 15 is 0 Å². The van der Waals surface area contributed by atoms with Crippen molar-refractivity contribution in [3.8, 4) is 0 Å². The van der Waals surface area contributed by atoms with Crippen LogP contribution in [0.4, 0.5) is 23.7 Å². The quantitative estimate of drug-likeness (QED) is 0.899. The van der Waals surface area contributed by atoms with Crippen LogP contribution in [0.3, 0.4) is 0 Å². The number of rotatable bonds is 3. The van der Waals surface area contributed by atoms with E-state index in [1.54, 1.807) is 13.8 Å². The number of aliphatic hydroxyl groups is 1. The molecule has 112 valence electrons. The topological polar surface area (TPSA) is 52.6 Å². The lowest BCUT2D eigenvalue weighted by Crippen LogP contribution is -2.49. The number of hydrogen-bond acceptors (Lipinski definition) is 2. The maximum absolute atomic E-state index is 12.4. The molecule has 1 aromatic carbocycles. The van der Waals surface area contributed by atoms with Gasteiger partial charge in [0.05, 0.1) is 17.7 Å². The number of benzene rings is 1. The van der Waals surface area contributed by atoms with Crippen molar-refractivity contribution >= 4 is 11.7 Å². The molecule has 0 fully saturated rings. The fourth-order valence-corrected chi connectivity index (χ4v) is 1.33. The third-order valence-corrected chi connectivity index (χ3v) is 3.06. The Morgan fingerprint density at radius 1 is 1.25 bits per heavy atom. The molecule has 0 saturated heterocycles. The molecule has 0 heterocycles. The SMILES string of the molecule is CN(C(=O)Nc1ccc(C(F)(F)F)cc1)C(C)(C)CO. The summed E-state index contributed by atoms with van der Waals surface area (Å²) in [5.41, 5.74) is -1.29. The number of amides is 2. The lowest BCUT2D eigenvalue weighted by atomic mass is 10.1. The van der Waals surface area contributed by atoms with E-state index in [9.17, 15) is 18.0 Å². The van der Waals surface area contributed by atoms with Crippen molar-refractivity contribution in [1.82, 2.24) is 4.90 Å². The molecule has 1 rings (SSSR count). The van der Waals surface area contributed by atoms with Crippen molar-refractivity contribution in [2.45, 2.75) is 25.6 Å². The minimum atomic E-state index is -4.40. The van der Waals surface area contributed by atoms with E-state index in [4.69, 9.17) is 5.11 Å². The number of nitrogens with zero attached hydrogens (tertiary/aromatic N) is 1. The molecule has 1 aromatic rings. The van der Waals surface area contributed by atoms with Gasteiger partial charge in [-0.05, 0) is 38.1 Å². The molecule has 0 aliphatic carbocycles. The number of nitrogens with one attached hydrogen (secondary N) is 1. The Labute approximate surface area is 115 Å². The largest absolute Gasteiger partial charge is 0.416 e. The van der Waals surface area contributed by atoms with E-state index in [0.29, 0.717) is 0 Å². The molecule has 0 saturated carbocycles. The van der Waals surface area contributed by atoms with Gasteiger partial charge in [-0.3, -0.25) is 0 Å². The highest BCUT2D eigenvalue weighted by molar-refractivity contribution is 5.89. The number of alkyl halides is 3. The molecule has 0 aromatic heterocycles. The van der Waals surface area contributed by atoms with Crippen molar-refractivity contribution in [2.75, 3.05) is 19.0 Å². The molecule has 4 nitrogen and oxygen atoms in total. The van der Waals surface area contributed by atoms with Crippen molar-refractivity contribution < 1.29 is 23.1 Å². The fraction of sp³-hybridized carbons (Fsp3) is 0.462. The van der Waals surface area contributed by atoms with Gasteiger partial charge in [0.2, 0.25) is 0 Å². The van der Waals surface area contributed by atoms with Gasteiger partial charge < -0.3 is 15.3 Å². The first-order valence-electron chi connectivity index (χ1n) is 5.91. The number of carbonyl (C=O) groups excluding carboxylic acids is 1. The van der Waals surface area contributed by atoms with E-state index in [2.05, 4.69) is 5.32 Å². The summed E-state index contributed by atoms with van der Waals surface area (Å²) in [7, 11) is 1.50. The average Bonchev–Trinajstić information content (AvgIpc) is 2.37. The number of anilines is 1. The summed E-state index contributed by atoms with van der Waals surface area (Å²) in [5.74, 6) is 0. The molecule has 0 radical (unpaired) electrons. The maximum Gasteiger partial charge on any atom is 0.416 e. The summed E-state index contributed by atoms with van der Waals surface area (Å²) in [5, 5.41) is 11.6. The van der Waals surface area contributed by atoms with Crippen LogP contribution in [0.2, 0.25) is 0 Å². The number of halogens is 3. The Morgan fingerprint density at radius 3 is 2.15 bits per heavy atom. The van der Waals surface area contributed by atoms with Gasteiger partial charge in [0.15, 0.2) is 0 Å². The van der Waals surface area contributed by atoms with Crippen molar-refractivity contribution in [2.24, 2.45) is 0 Å². The first-order chi connectivity index (χ1) is 9.08. The van der Waals surface area contributed by atoms with Gasteiger partial charge >= 0.3 is 12.2 Å². The maximum atomic E-state index is 12.4. The third-order valence-electron chi connectivity index (χ3n) is 3.06. The molecule has 0 atom stereocenters. The molecular weight excluding hydrogens is 273 g/mol. The smallest absolute Gasteiger partial charge is 0.394 e. The van der Waals surface area contributed by atoms with E-state index in [-0.39, 0.29) is 12.3 Å². The second-order valence-electron chi connectivity index (χ2n) is 5.03. The van der Waals surface area contributed by atoms with Gasteiger partial charge in [-0.2, -0.15) is 13.2 Å². The number of hydrogen-bond donors (Lipinski definition) is 2. The average molecular weight is 290 g/mol. The summed E-state index contributed by atoms with van der Waals surface area (Å²) in [4.78, 5) is 13.2. The summed E-state index contributed by atoms with van der Waals surface area (Å²) in [6.45, 7) is 3.10. The van der Waals surface area contributed by atoms with Crippen LogP contribution in [0.25, 0.3) is 0 Å². The Kier molecular flexibility index (Phi) is 4.65. The first kappa shape index (κ1) is 16.3. The van der Waals surface area contributed by atoms with Gasteiger partial charge in [-0.15, -0.1) is 0 Å². The molecule has 0 spiro atoms. The molecule has 7 heteroatoms. The zero-order chi connectivity index (χ0) is 15.6. The third kappa shape index (κ3) is 3.86. The molecule has 2 N–H and O–H groups in total. The molecule has 0 bridgehead atoms. The van der Waals surface area contributed by atoms with Gasteiger partial charge in [0, 0.05) is 12.7 Å². The second-order valence-corrected chi connectivity index (χ2v) is 5.03. The zero-order valence-electron chi connectivity index (χ0n) is 11.5. The van der Waals surface area contributed by atoms with E-state index in [1.807, 2.05) is 0 Å². The van der Waals surface area contributed by atoms with E-state index in [0.717, 1.165) is 12.1 Å². The Hall–Kier alpha value is -1.76. The van der Waals surface area contributed by atoms with E-state index in [1.165, 1.54) is 24.1 Å². The van der Waals surface area contributed by atoms with Crippen molar-refractivity contribution in [3.63, 3.8) is 0 Å². The fourth-order valence-electron chi connectivity index (χ4n) is 1.33. The molecular formula is C13H17F3N2O2. The highest BCUT2D eigenvalue weighted by Crippen LogP contribution is 2.29. The van der Waals surface area contributed by atoms with E-state index < -0.39 is 23.3 Å². The Balaban J connectivity index is 2.77. The van der Waals surface area contributed by atoms with Crippen LogP contribution in [0, 0.1) is 0 Å². The summed E-state index contributed by atoms with van der Waals surface area (Å²) >= 11 is 0. The van der Waals surface area contributed by atoms with Crippen LogP contribution in [-0.4, -0.2) is 35.2 Å². The minimum absolute atomic E-state index is 0.232. The minimum Gasteiger partial charge on any atom is -0.394 e. The number of likely N-dealkylation sites (N-methyl/N-ethyl adjacent to an activating group) is 1. The predicted molar refractivity (Wildman–Crippen MR) is 69.4 cm³/mol. The van der Waals surface area contributed by atoms with Gasteiger partial charge in [0.25, 0.3) is 0 Å². The number of urea groups is 1. The lowest BCUT2D eigenvalue weighted by molar-refractivity contribution is -0.137. The summed E-state index contributed by atoms with van der Waals surface area (Å²) in [6.07, 6.45) is -4.40. The normalized spacial score (nSPS) is 12.2. The van der Waals surface area contributed by atoms with Crippen LogP contribution >= 0.6 is 0 Å². The monoisotopic (exact) mass is 290 g/mol. The van der Waals surface area contributed by atoms with Crippen LogP contribution in [0.5, 0.6) is 0 Å². The van der Waals surface area contributed by atoms with Crippen molar-refractivity contribution in [3.05, 3.63) is 29.8 Å². The highest BCUT2D eigenvalue weighted by Gasteiger charge is 2.30. The number of carbonyl (C=O) groups is 1. The van der Waals surface area contributed by atoms with Gasteiger partial charge in [0.1, 0.15) is 0 Å². The second kappa shape index (κ2) is 5.70. The standard InChI is InChI=1S/C13H17F3N2O2/c1-12(2,8-19)18(3)11(20)17-10-6-4-9(5-7-10)13(14,15)16/h4-7,19H,8H2,1-3H3,(H,17,20). The van der Waals surface area contributed by atoms with Crippen LogP contribution < -0.4 is 5.32 Å². The van der Waals surface area contributed by atoms with Crippen molar-refractivity contribution in [1.29, 1.82) is 0 Å². The zero-order valence-corrected chi connectivity index (χ0v) is 11.5. The summed E-state index contributed by atoms with van der Waals surface area (Å²) in [6, 6.07) is 3.64. The van der Waals surface area contributed by atoms with Crippen LogP contribution in [0.15, 0.2) is 24.3 Å². The highest BCUT2D eigenvalue weighted by atomic mass is 19.4. The lowest BCUT2D eigenvalue weighted by Gasteiger charge is -2.33. The summed E-state index contributed by atoms with van der Waals surface area (Å²) < 4.78 is 37.2.